The summed E-state index contributed by atoms with van der Waals surface area (Å²) >= 11 is 0. The molecule has 2 aromatic rings. The SMILES string of the molecule is CCC(NC(=O)[C@H]1OCC[C@H]1CNC(=O)OCC1c2ccccc2-c2ccccc21)C(=O)O. The van der Waals surface area contributed by atoms with Gasteiger partial charge in [0.2, 0.25) is 5.91 Å². The van der Waals surface area contributed by atoms with E-state index in [4.69, 9.17) is 14.6 Å². The Kier molecular flexibility index (Phi) is 6.93. The van der Waals surface area contributed by atoms with E-state index in [1.165, 1.54) is 0 Å². The molecular weight excluding hydrogens is 424 g/mol. The average Bonchev–Trinajstić information content (AvgIpc) is 3.42. The summed E-state index contributed by atoms with van der Waals surface area (Å²) in [7, 11) is 0. The van der Waals surface area contributed by atoms with Gasteiger partial charge >= 0.3 is 12.1 Å². The van der Waals surface area contributed by atoms with Crippen molar-refractivity contribution < 1.29 is 29.0 Å². The van der Waals surface area contributed by atoms with Crippen molar-refractivity contribution in [3.63, 3.8) is 0 Å². The Labute approximate surface area is 192 Å². The highest BCUT2D eigenvalue weighted by atomic mass is 16.5. The molecule has 0 radical (unpaired) electrons. The number of carbonyl (C=O) groups excluding carboxylic acids is 2. The number of nitrogens with one attached hydrogen (secondary N) is 2. The van der Waals surface area contributed by atoms with Crippen molar-refractivity contribution in [2.24, 2.45) is 5.92 Å². The summed E-state index contributed by atoms with van der Waals surface area (Å²) in [5.41, 5.74) is 4.59. The van der Waals surface area contributed by atoms with Gasteiger partial charge in [0.05, 0.1) is 0 Å². The molecule has 0 bridgehead atoms. The van der Waals surface area contributed by atoms with Crippen molar-refractivity contribution in [3.8, 4) is 11.1 Å². The predicted octanol–water partition coefficient (Wildman–Crippen LogP) is 2.91. The Bertz CT molecular complexity index is 994. The third-order valence-corrected chi connectivity index (χ3v) is 6.35. The molecule has 33 heavy (non-hydrogen) atoms. The van der Waals surface area contributed by atoms with Gasteiger partial charge in [0.1, 0.15) is 18.8 Å². The van der Waals surface area contributed by atoms with Crippen LogP contribution in [0.1, 0.15) is 36.8 Å². The normalized spacial score (nSPS) is 19.9. The van der Waals surface area contributed by atoms with E-state index in [1.54, 1.807) is 6.92 Å². The van der Waals surface area contributed by atoms with Gasteiger partial charge in [-0.3, -0.25) is 4.79 Å². The van der Waals surface area contributed by atoms with E-state index in [1.807, 2.05) is 24.3 Å². The van der Waals surface area contributed by atoms with Gasteiger partial charge in [-0.1, -0.05) is 55.5 Å². The Morgan fingerprint density at radius 2 is 1.73 bits per heavy atom. The minimum atomic E-state index is -1.09. The molecule has 0 aromatic heterocycles. The summed E-state index contributed by atoms with van der Waals surface area (Å²) in [5.74, 6) is -1.84. The Balaban J connectivity index is 1.31. The molecule has 1 aliphatic carbocycles. The summed E-state index contributed by atoms with van der Waals surface area (Å²) in [6.45, 7) is 2.48. The van der Waals surface area contributed by atoms with E-state index in [0.717, 1.165) is 22.3 Å². The first-order chi connectivity index (χ1) is 16.0. The number of benzene rings is 2. The first-order valence-electron chi connectivity index (χ1n) is 11.2. The molecule has 0 saturated carbocycles. The summed E-state index contributed by atoms with van der Waals surface area (Å²) in [5, 5.41) is 14.4. The van der Waals surface area contributed by atoms with Crippen LogP contribution in [0.3, 0.4) is 0 Å². The van der Waals surface area contributed by atoms with Gasteiger partial charge in [0.25, 0.3) is 0 Å². The van der Waals surface area contributed by atoms with Crippen molar-refractivity contribution in [2.45, 2.75) is 37.8 Å². The second-order valence-electron chi connectivity index (χ2n) is 8.35. The number of carbonyl (C=O) groups is 3. The topological polar surface area (TPSA) is 114 Å². The van der Waals surface area contributed by atoms with Gasteiger partial charge in [0, 0.05) is 25.0 Å². The van der Waals surface area contributed by atoms with Crippen LogP contribution >= 0.6 is 0 Å². The number of hydrogen-bond donors (Lipinski definition) is 3. The highest BCUT2D eigenvalue weighted by Crippen LogP contribution is 2.44. The maximum Gasteiger partial charge on any atom is 0.407 e. The van der Waals surface area contributed by atoms with Crippen molar-refractivity contribution in [1.82, 2.24) is 10.6 Å². The molecule has 3 atom stereocenters. The molecule has 1 saturated heterocycles. The molecule has 1 heterocycles. The highest BCUT2D eigenvalue weighted by molar-refractivity contribution is 5.86. The van der Waals surface area contributed by atoms with Gasteiger partial charge < -0.3 is 25.2 Å². The highest BCUT2D eigenvalue weighted by Gasteiger charge is 2.36. The lowest BCUT2D eigenvalue weighted by Crippen LogP contribution is -2.48. The van der Waals surface area contributed by atoms with Crippen molar-refractivity contribution in [1.29, 1.82) is 0 Å². The minimum Gasteiger partial charge on any atom is -0.480 e. The first kappa shape index (κ1) is 22.8. The maximum atomic E-state index is 12.5. The molecule has 4 rings (SSSR count). The minimum absolute atomic E-state index is 0.0292. The molecule has 8 nitrogen and oxygen atoms in total. The molecule has 0 spiro atoms. The van der Waals surface area contributed by atoms with Gasteiger partial charge in [-0.25, -0.2) is 9.59 Å². The zero-order valence-corrected chi connectivity index (χ0v) is 18.5. The molecule has 1 aliphatic heterocycles. The van der Waals surface area contributed by atoms with Gasteiger partial charge in [0.15, 0.2) is 0 Å². The standard InChI is InChI=1S/C25H28N2O6/c1-2-21(24(29)30)27-23(28)22-15(11-12-32-22)13-26-25(31)33-14-20-18-9-5-3-7-16(18)17-8-4-6-10-19(17)20/h3-10,15,20-22H,2,11-14H2,1H3,(H,26,31)(H,27,28)(H,29,30)/t15-,21?,22-/m0/s1. The van der Waals surface area contributed by atoms with Crippen LogP contribution in [0, 0.1) is 5.92 Å². The van der Waals surface area contributed by atoms with Crippen LogP contribution < -0.4 is 10.6 Å². The Hall–Kier alpha value is -3.39. The Morgan fingerprint density at radius 3 is 2.33 bits per heavy atom. The van der Waals surface area contributed by atoms with Crippen LogP contribution in [0.5, 0.6) is 0 Å². The van der Waals surface area contributed by atoms with Crippen LogP contribution in [0.4, 0.5) is 4.79 Å². The van der Waals surface area contributed by atoms with E-state index in [0.29, 0.717) is 13.0 Å². The number of amides is 2. The molecule has 3 N–H and O–H groups in total. The molecule has 1 unspecified atom stereocenters. The Morgan fingerprint density at radius 1 is 1.09 bits per heavy atom. The van der Waals surface area contributed by atoms with Gasteiger partial charge in [-0.05, 0) is 35.1 Å². The van der Waals surface area contributed by atoms with Crippen molar-refractivity contribution in [2.75, 3.05) is 19.8 Å². The smallest absolute Gasteiger partial charge is 0.407 e. The molecule has 8 heteroatoms. The van der Waals surface area contributed by atoms with Crippen LogP contribution in [0.25, 0.3) is 11.1 Å². The quantitative estimate of drug-likeness (QED) is 0.568. The number of hydrogen-bond acceptors (Lipinski definition) is 5. The third-order valence-electron chi connectivity index (χ3n) is 6.35. The first-order valence-corrected chi connectivity index (χ1v) is 11.2. The summed E-state index contributed by atoms with van der Waals surface area (Å²) in [6, 6.07) is 15.3. The van der Waals surface area contributed by atoms with Crippen LogP contribution in [0.15, 0.2) is 48.5 Å². The number of ether oxygens (including phenoxy) is 2. The van der Waals surface area contributed by atoms with E-state index in [9.17, 15) is 14.4 Å². The fourth-order valence-electron chi connectivity index (χ4n) is 4.59. The fraction of sp³-hybridized carbons (Fsp3) is 0.400. The van der Waals surface area contributed by atoms with E-state index in [-0.39, 0.29) is 31.4 Å². The maximum absolute atomic E-state index is 12.5. The van der Waals surface area contributed by atoms with Crippen molar-refractivity contribution in [3.05, 3.63) is 59.7 Å². The number of carboxylic acids is 1. The van der Waals surface area contributed by atoms with Crippen LogP contribution in [-0.4, -0.2) is 55.0 Å². The van der Waals surface area contributed by atoms with Gasteiger partial charge in [-0.2, -0.15) is 0 Å². The van der Waals surface area contributed by atoms with Crippen molar-refractivity contribution >= 4 is 18.0 Å². The summed E-state index contributed by atoms with van der Waals surface area (Å²) in [6.07, 6.45) is -0.491. The molecule has 1 fully saturated rings. The summed E-state index contributed by atoms with van der Waals surface area (Å²) < 4.78 is 11.0. The van der Waals surface area contributed by atoms with Crippen LogP contribution in [0.2, 0.25) is 0 Å². The number of alkyl carbamates (subject to hydrolysis) is 1. The number of aliphatic carboxylic acids is 1. The zero-order chi connectivity index (χ0) is 23.4. The van der Waals surface area contributed by atoms with E-state index >= 15 is 0 Å². The number of fused-ring (bicyclic) bond motifs is 3. The lowest BCUT2D eigenvalue weighted by atomic mass is 9.98. The lowest BCUT2D eigenvalue weighted by molar-refractivity contribution is -0.144. The predicted molar refractivity (Wildman–Crippen MR) is 121 cm³/mol. The summed E-state index contributed by atoms with van der Waals surface area (Å²) in [4.78, 5) is 36.1. The number of carboxylic acid groups (broad SMARTS) is 1. The van der Waals surface area contributed by atoms with E-state index < -0.39 is 30.1 Å². The molecular formula is C25H28N2O6. The number of rotatable bonds is 8. The average molecular weight is 453 g/mol. The molecule has 2 aliphatic rings. The molecule has 2 aromatic carbocycles. The third kappa shape index (κ3) is 4.85. The van der Waals surface area contributed by atoms with Crippen LogP contribution in [-0.2, 0) is 19.1 Å². The molecule has 2 amide bonds. The monoisotopic (exact) mass is 452 g/mol. The largest absolute Gasteiger partial charge is 0.480 e. The second-order valence-corrected chi connectivity index (χ2v) is 8.35. The fourth-order valence-corrected chi connectivity index (χ4v) is 4.59. The lowest BCUT2D eigenvalue weighted by Gasteiger charge is -2.21. The zero-order valence-electron chi connectivity index (χ0n) is 18.5. The van der Waals surface area contributed by atoms with E-state index in [2.05, 4.69) is 34.9 Å². The molecule has 174 valence electrons. The van der Waals surface area contributed by atoms with Gasteiger partial charge in [-0.15, -0.1) is 0 Å². The second kappa shape index (κ2) is 10.0.